The molecule has 240 valence electrons. The number of fused-ring (bicyclic) bond motifs is 5. The van der Waals surface area contributed by atoms with Crippen molar-refractivity contribution in [1.29, 1.82) is 0 Å². The lowest BCUT2D eigenvalue weighted by molar-refractivity contribution is -0.237. The number of carbonyl (C=O) groups excluding carboxylic acids is 4. The number of cyclic esters (lactones) is 1. The summed E-state index contributed by atoms with van der Waals surface area (Å²) >= 11 is 0. The van der Waals surface area contributed by atoms with Crippen molar-refractivity contribution in [2.24, 2.45) is 28.1 Å². The molecular weight excluding hydrogens is 564 g/mol. The molecular formula is C35H46O9. The zero-order chi connectivity index (χ0) is 32.4. The normalized spacial score (nSPS) is 38.8. The van der Waals surface area contributed by atoms with Crippen LogP contribution in [0.2, 0.25) is 0 Å². The van der Waals surface area contributed by atoms with Gasteiger partial charge in [0.2, 0.25) is 0 Å². The van der Waals surface area contributed by atoms with E-state index in [1.54, 1.807) is 12.5 Å². The molecule has 2 saturated carbocycles. The zero-order valence-corrected chi connectivity index (χ0v) is 27.4. The van der Waals surface area contributed by atoms with Crippen molar-refractivity contribution in [2.75, 3.05) is 0 Å². The van der Waals surface area contributed by atoms with Crippen LogP contribution in [0.25, 0.3) is 0 Å². The highest BCUT2D eigenvalue weighted by molar-refractivity contribution is 5.83. The van der Waals surface area contributed by atoms with Gasteiger partial charge in [-0.15, -0.1) is 0 Å². The Morgan fingerprint density at radius 2 is 1.48 bits per heavy atom. The van der Waals surface area contributed by atoms with E-state index >= 15 is 0 Å². The van der Waals surface area contributed by atoms with Crippen molar-refractivity contribution in [3.05, 3.63) is 47.5 Å². The molecule has 3 fully saturated rings. The van der Waals surface area contributed by atoms with E-state index in [2.05, 4.69) is 26.8 Å². The third-order valence-corrected chi connectivity index (χ3v) is 11.4. The standard InChI is InChI=1S/C35H46O9/c1-19(2)14-30(38)43-28-15-25-32(5,6)44-31(39)17-29(42-21(4)37)35(25,9)26-16-27(41-20(3)36)33(7)23(22-12-13-40-18-22)10-11-24(33)34(26,28)8/h11-14,18,23,25-29H,10,15-17H2,1-9H3/t23-,25-,26-,27-,28+,29-,33-,34-,35-/m0/s1. The highest BCUT2D eigenvalue weighted by Crippen LogP contribution is 2.73. The predicted molar refractivity (Wildman–Crippen MR) is 160 cm³/mol. The fourth-order valence-corrected chi connectivity index (χ4v) is 9.77. The molecule has 0 bridgehead atoms. The van der Waals surface area contributed by atoms with Gasteiger partial charge in [-0.3, -0.25) is 14.4 Å². The maximum Gasteiger partial charge on any atom is 0.330 e. The molecule has 0 spiro atoms. The Balaban J connectivity index is 1.76. The molecule has 0 unspecified atom stereocenters. The SMILES string of the molecule is CC(=O)O[C@H]1C[C@H]2[C@](C)(C3=CC[C@@H](c4ccoc4)[C@@]31C)[C@H](OC(=O)C=C(C)C)C[C@H]1C(C)(C)OC(=O)C[C@H](OC(C)=O)[C@@]12C. The average molecular weight is 611 g/mol. The molecule has 1 saturated heterocycles. The lowest BCUT2D eigenvalue weighted by Crippen LogP contribution is -2.69. The Bertz CT molecular complexity index is 1400. The number of furan rings is 1. The van der Waals surface area contributed by atoms with Gasteiger partial charge in [-0.2, -0.15) is 0 Å². The summed E-state index contributed by atoms with van der Waals surface area (Å²) in [4.78, 5) is 51.8. The summed E-state index contributed by atoms with van der Waals surface area (Å²) in [5, 5.41) is 0. The fraction of sp³-hybridized carbons (Fsp3) is 0.657. The molecule has 9 heteroatoms. The van der Waals surface area contributed by atoms with Gasteiger partial charge in [-0.25, -0.2) is 4.79 Å². The van der Waals surface area contributed by atoms with Crippen molar-refractivity contribution >= 4 is 23.9 Å². The first-order valence-electron chi connectivity index (χ1n) is 15.6. The molecule has 9 nitrogen and oxygen atoms in total. The van der Waals surface area contributed by atoms with Gasteiger partial charge in [0, 0.05) is 48.0 Å². The summed E-state index contributed by atoms with van der Waals surface area (Å²) in [7, 11) is 0. The Morgan fingerprint density at radius 1 is 0.864 bits per heavy atom. The van der Waals surface area contributed by atoms with E-state index in [9.17, 15) is 19.2 Å². The number of carbonyl (C=O) groups is 4. The summed E-state index contributed by atoms with van der Waals surface area (Å²) < 4.78 is 30.2. The molecule has 0 aromatic carbocycles. The van der Waals surface area contributed by atoms with Crippen LogP contribution in [-0.2, 0) is 38.1 Å². The molecule has 3 aliphatic carbocycles. The second-order valence-corrected chi connectivity index (χ2v) is 14.6. The van der Waals surface area contributed by atoms with E-state index in [4.69, 9.17) is 23.4 Å². The topological polar surface area (TPSA) is 118 Å². The van der Waals surface area contributed by atoms with Crippen LogP contribution in [0.3, 0.4) is 0 Å². The number of rotatable bonds is 5. The van der Waals surface area contributed by atoms with E-state index in [1.807, 2.05) is 33.8 Å². The second kappa shape index (κ2) is 10.9. The van der Waals surface area contributed by atoms with Crippen LogP contribution in [-0.4, -0.2) is 47.8 Å². The molecule has 1 aromatic heterocycles. The quantitative estimate of drug-likeness (QED) is 0.166. The van der Waals surface area contributed by atoms with Crippen molar-refractivity contribution < 1.29 is 42.5 Å². The number of allylic oxidation sites excluding steroid dienone is 2. The molecule has 9 atom stereocenters. The van der Waals surface area contributed by atoms with Gasteiger partial charge < -0.3 is 23.4 Å². The minimum Gasteiger partial charge on any atom is -0.472 e. The Morgan fingerprint density at radius 3 is 2.07 bits per heavy atom. The van der Waals surface area contributed by atoms with Crippen LogP contribution in [0.4, 0.5) is 0 Å². The van der Waals surface area contributed by atoms with Gasteiger partial charge in [0.1, 0.15) is 23.9 Å². The number of hydrogen-bond donors (Lipinski definition) is 0. The molecule has 5 rings (SSSR count). The van der Waals surface area contributed by atoms with Crippen molar-refractivity contribution in [1.82, 2.24) is 0 Å². The second-order valence-electron chi connectivity index (χ2n) is 14.6. The molecule has 0 N–H and O–H groups in total. The minimum absolute atomic E-state index is 0.0437. The van der Waals surface area contributed by atoms with Crippen molar-refractivity contribution in [2.45, 2.75) is 118 Å². The summed E-state index contributed by atoms with van der Waals surface area (Å²) in [5.74, 6) is -2.50. The summed E-state index contributed by atoms with van der Waals surface area (Å²) in [6.07, 6.45) is 6.52. The van der Waals surface area contributed by atoms with Crippen LogP contribution in [0.15, 0.2) is 46.3 Å². The third-order valence-electron chi connectivity index (χ3n) is 11.4. The third kappa shape index (κ3) is 4.91. The van der Waals surface area contributed by atoms with Gasteiger partial charge in [0.25, 0.3) is 0 Å². The molecule has 1 aliphatic heterocycles. The lowest BCUT2D eigenvalue weighted by Gasteiger charge is -2.67. The fourth-order valence-electron chi connectivity index (χ4n) is 9.77. The van der Waals surface area contributed by atoms with Gasteiger partial charge in [-0.1, -0.05) is 38.0 Å². The molecule has 4 aliphatic rings. The van der Waals surface area contributed by atoms with E-state index in [0.717, 1.165) is 16.7 Å². The molecule has 0 radical (unpaired) electrons. The molecule has 0 amide bonds. The Hall–Kier alpha value is -3.36. The van der Waals surface area contributed by atoms with Crippen molar-refractivity contribution in [3.8, 4) is 0 Å². The molecule has 1 aromatic rings. The van der Waals surface area contributed by atoms with Crippen LogP contribution in [0.5, 0.6) is 0 Å². The van der Waals surface area contributed by atoms with Gasteiger partial charge in [-0.05, 0) is 64.5 Å². The molecule has 2 heterocycles. The van der Waals surface area contributed by atoms with Crippen LogP contribution >= 0.6 is 0 Å². The van der Waals surface area contributed by atoms with Crippen LogP contribution in [0, 0.1) is 28.1 Å². The predicted octanol–water partition coefficient (Wildman–Crippen LogP) is 6.22. The number of ether oxygens (including phenoxy) is 4. The molecule has 44 heavy (non-hydrogen) atoms. The maximum atomic E-state index is 13.3. The zero-order valence-electron chi connectivity index (χ0n) is 27.4. The summed E-state index contributed by atoms with van der Waals surface area (Å²) in [6, 6.07) is 1.95. The average Bonchev–Trinajstić information content (AvgIpc) is 3.52. The van der Waals surface area contributed by atoms with Crippen molar-refractivity contribution in [3.63, 3.8) is 0 Å². The van der Waals surface area contributed by atoms with E-state index in [1.165, 1.54) is 19.9 Å². The Kier molecular flexibility index (Phi) is 7.95. The smallest absolute Gasteiger partial charge is 0.330 e. The van der Waals surface area contributed by atoms with Crippen LogP contribution < -0.4 is 0 Å². The first kappa shape index (κ1) is 32.0. The summed E-state index contributed by atoms with van der Waals surface area (Å²) in [5.41, 5.74) is -0.322. The number of esters is 4. The minimum atomic E-state index is -0.968. The largest absolute Gasteiger partial charge is 0.472 e. The first-order chi connectivity index (χ1) is 20.4. The summed E-state index contributed by atoms with van der Waals surface area (Å²) in [6.45, 7) is 16.6. The van der Waals surface area contributed by atoms with E-state index < -0.39 is 64.0 Å². The van der Waals surface area contributed by atoms with Gasteiger partial charge >= 0.3 is 23.9 Å². The van der Waals surface area contributed by atoms with Gasteiger partial charge in [0.15, 0.2) is 0 Å². The van der Waals surface area contributed by atoms with Crippen LogP contribution in [0.1, 0.15) is 99.5 Å². The lowest BCUT2D eigenvalue weighted by atomic mass is 9.39. The first-order valence-corrected chi connectivity index (χ1v) is 15.6. The highest BCUT2D eigenvalue weighted by atomic mass is 16.6. The number of hydrogen-bond acceptors (Lipinski definition) is 9. The Labute approximate surface area is 259 Å². The maximum absolute atomic E-state index is 13.3. The van der Waals surface area contributed by atoms with Gasteiger partial charge in [0.05, 0.1) is 18.9 Å². The van der Waals surface area contributed by atoms with E-state index in [0.29, 0.717) is 19.3 Å². The highest BCUT2D eigenvalue weighted by Gasteiger charge is 2.73. The van der Waals surface area contributed by atoms with E-state index in [-0.39, 0.29) is 24.2 Å². The monoisotopic (exact) mass is 610 g/mol.